The fourth-order valence-corrected chi connectivity index (χ4v) is 2.33. The van der Waals surface area contributed by atoms with E-state index in [0.29, 0.717) is 5.56 Å². The highest BCUT2D eigenvalue weighted by molar-refractivity contribution is 5.46. The van der Waals surface area contributed by atoms with Crippen molar-refractivity contribution in [3.05, 3.63) is 39.4 Å². The van der Waals surface area contributed by atoms with E-state index in [9.17, 15) is 10.1 Å². The van der Waals surface area contributed by atoms with Gasteiger partial charge in [0, 0.05) is 23.6 Å². The quantitative estimate of drug-likeness (QED) is 0.614. The molecule has 0 amide bonds. The molecular weight excluding hydrogens is 204 g/mol. The van der Waals surface area contributed by atoms with Crippen LogP contribution < -0.4 is 5.73 Å². The third-order valence-corrected chi connectivity index (χ3v) is 3.70. The summed E-state index contributed by atoms with van der Waals surface area (Å²) in [5, 5.41) is 10.8. The topological polar surface area (TPSA) is 69.2 Å². The third-order valence-electron chi connectivity index (χ3n) is 3.70. The Hall–Kier alpha value is -1.42. The van der Waals surface area contributed by atoms with Gasteiger partial charge in [0.25, 0.3) is 5.69 Å². The summed E-state index contributed by atoms with van der Waals surface area (Å²) in [6.45, 7) is 5.93. The number of hydrogen-bond acceptors (Lipinski definition) is 3. The molecular formula is C12H16N2O2. The van der Waals surface area contributed by atoms with Crippen molar-refractivity contribution in [2.24, 2.45) is 11.1 Å². The highest BCUT2D eigenvalue weighted by atomic mass is 16.6. The summed E-state index contributed by atoms with van der Waals surface area (Å²) in [6.07, 6.45) is 0. The van der Waals surface area contributed by atoms with E-state index in [4.69, 9.17) is 5.73 Å². The molecule has 4 heteroatoms. The maximum absolute atomic E-state index is 10.8. The van der Waals surface area contributed by atoms with Gasteiger partial charge < -0.3 is 5.73 Å². The molecule has 2 atom stereocenters. The average molecular weight is 220 g/mol. The van der Waals surface area contributed by atoms with Gasteiger partial charge in [0.1, 0.15) is 0 Å². The molecule has 16 heavy (non-hydrogen) atoms. The zero-order chi connectivity index (χ0) is 12.1. The molecule has 4 nitrogen and oxygen atoms in total. The minimum absolute atomic E-state index is 0.0587. The molecule has 2 rings (SSSR count). The summed E-state index contributed by atoms with van der Waals surface area (Å²) in [4.78, 5) is 10.5. The van der Waals surface area contributed by atoms with Crippen LogP contribution in [-0.2, 0) is 0 Å². The molecule has 0 radical (unpaired) electrons. The summed E-state index contributed by atoms with van der Waals surface area (Å²) >= 11 is 0. The van der Waals surface area contributed by atoms with E-state index in [-0.39, 0.29) is 28.0 Å². The zero-order valence-electron chi connectivity index (χ0n) is 9.73. The zero-order valence-corrected chi connectivity index (χ0v) is 9.73. The molecule has 1 saturated carbocycles. The predicted octanol–water partition coefficient (Wildman–Crippen LogP) is 2.35. The van der Waals surface area contributed by atoms with Crippen LogP contribution in [0.5, 0.6) is 0 Å². The highest BCUT2D eigenvalue weighted by Gasteiger charge is 2.56. The first kappa shape index (κ1) is 11.1. The van der Waals surface area contributed by atoms with Crippen LogP contribution in [0.2, 0.25) is 0 Å². The second kappa shape index (κ2) is 3.28. The molecule has 0 aromatic heterocycles. The molecule has 1 aromatic rings. The fourth-order valence-electron chi connectivity index (χ4n) is 2.33. The van der Waals surface area contributed by atoms with E-state index >= 15 is 0 Å². The van der Waals surface area contributed by atoms with E-state index in [1.807, 2.05) is 6.07 Å². The predicted molar refractivity (Wildman–Crippen MR) is 62.3 cm³/mol. The number of nitrogens with zero attached hydrogens (tertiary/aromatic N) is 1. The van der Waals surface area contributed by atoms with Crippen LogP contribution >= 0.6 is 0 Å². The Labute approximate surface area is 94.6 Å². The minimum atomic E-state index is -0.334. The van der Waals surface area contributed by atoms with Crippen molar-refractivity contribution >= 4 is 5.69 Å². The number of nitrogens with two attached hydrogens (primary N) is 1. The maximum atomic E-state index is 10.8. The second-order valence-electron chi connectivity index (χ2n) is 5.13. The number of rotatable bonds is 2. The first-order chi connectivity index (χ1) is 7.35. The Morgan fingerprint density at radius 3 is 2.44 bits per heavy atom. The first-order valence-electron chi connectivity index (χ1n) is 5.36. The van der Waals surface area contributed by atoms with Gasteiger partial charge >= 0.3 is 0 Å². The van der Waals surface area contributed by atoms with Crippen molar-refractivity contribution in [3.8, 4) is 0 Å². The minimum Gasteiger partial charge on any atom is -0.327 e. The molecule has 0 heterocycles. The van der Waals surface area contributed by atoms with Gasteiger partial charge in [0.05, 0.1) is 4.92 Å². The summed E-state index contributed by atoms with van der Waals surface area (Å²) in [6, 6.07) is 5.51. The first-order valence-corrected chi connectivity index (χ1v) is 5.36. The Morgan fingerprint density at radius 1 is 1.44 bits per heavy atom. The second-order valence-corrected chi connectivity index (χ2v) is 5.13. The van der Waals surface area contributed by atoms with Crippen molar-refractivity contribution in [2.45, 2.75) is 32.7 Å². The van der Waals surface area contributed by atoms with E-state index in [2.05, 4.69) is 13.8 Å². The van der Waals surface area contributed by atoms with Crippen LogP contribution in [-0.4, -0.2) is 11.0 Å². The van der Waals surface area contributed by atoms with Crippen molar-refractivity contribution in [2.75, 3.05) is 0 Å². The van der Waals surface area contributed by atoms with E-state index in [1.54, 1.807) is 19.1 Å². The lowest BCUT2D eigenvalue weighted by Gasteiger charge is -2.04. The molecule has 0 saturated heterocycles. The van der Waals surface area contributed by atoms with Crippen LogP contribution in [0.25, 0.3) is 0 Å². The van der Waals surface area contributed by atoms with Crippen molar-refractivity contribution in [3.63, 3.8) is 0 Å². The molecule has 1 fully saturated rings. The van der Waals surface area contributed by atoms with E-state index < -0.39 is 0 Å². The van der Waals surface area contributed by atoms with Gasteiger partial charge in [-0.3, -0.25) is 10.1 Å². The summed E-state index contributed by atoms with van der Waals surface area (Å²) in [7, 11) is 0. The van der Waals surface area contributed by atoms with Gasteiger partial charge in [-0.25, -0.2) is 0 Å². The van der Waals surface area contributed by atoms with Gasteiger partial charge in [-0.2, -0.15) is 0 Å². The number of benzene rings is 1. The van der Waals surface area contributed by atoms with Crippen LogP contribution in [0.4, 0.5) is 5.69 Å². The molecule has 1 aromatic carbocycles. The van der Waals surface area contributed by atoms with Gasteiger partial charge in [0.15, 0.2) is 0 Å². The molecule has 0 unspecified atom stereocenters. The number of aryl methyl sites for hydroxylation is 1. The Kier molecular flexibility index (Phi) is 2.27. The highest BCUT2D eigenvalue weighted by Crippen LogP contribution is 2.57. The van der Waals surface area contributed by atoms with Gasteiger partial charge in [-0.05, 0) is 17.9 Å². The number of nitro benzene ring substituents is 1. The smallest absolute Gasteiger partial charge is 0.272 e. The Bertz CT molecular complexity index is 454. The van der Waals surface area contributed by atoms with Crippen LogP contribution in [0.1, 0.15) is 30.9 Å². The summed E-state index contributed by atoms with van der Waals surface area (Å²) < 4.78 is 0. The average Bonchev–Trinajstić information content (AvgIpc) is 2.67. The molecule has 86 valence electrons. The largest absolute Gasteiger partial charge is 0.327 e. The SMILES string of the molecule is Cc1ccc([C@@H]2[C@@H](N)C2(C)C)cc1[N+](=O)[O-]. The molecule has 0 aliphatic heterocycles. The third kappa shape index (κ3) is 1.50. The standard InChI is InChI=1S/C12H16N2O2/c1-7-4-5-8(6-9(7)14(15)16)10-11(13)12(10,2)3/h4-6,10-11H,13H2,1-3H3/t10-,11-/m1/s1. The maximum Gasteiger partial charge on any atom is 0.272 e. The summed E-state index contributed by atoms with van der Waals surface area (Å²) in [5.74, 6) is 0.242. The van der Waals surface area contributed by atoms with E-state index in [0.717, 1.165) is 5.56 Å². The van der Waals surface area contributed by atoms with Crippen LogP contribution in [0.3, 0.4) is 0 Å². The van der Waals surface area contributed by atoms with Gasteiger partial charge in [-0.1, -0.05) is 26.0 Å². The van der Waals surface area contributed by atoms with Gasteiger partial charge in [0.2, 0.25) is 0 Å². The fraction of sp³-hybridized carbons (Fsp3) is 0.500. The Balaban J connectivity index is 2.39. The monoisotopic (exact) mass is 220 g/mol. The molecule has 0 bridgehead atoms. The normalized spacial score (nSPS) is 26.5. The van der Waals surface area contributed by atoms with Crippen LogP contribution in [0.15, 0.2) is 18.2 Å². The molecule has 2 N–H and O–H groups in total. The van der Waals surface area contributed by atoms with E-state index in [1.165, 1.54) is 0 Å². The van der Waals surface area contributed by atoms with Crippen molar-refractivity contribution in [1.29, 1.82) is 0 Å². The van der Waals surface area contributed by atoms with Crippen molar-refractivity contribution in [1.82, 2.24) is 0 Å². The van der Waals surface area contributed by atoms with Crippen LogP contribution in [0, 0.1) is 22.5 Å². The lowest BCUT2D eigenvalue weighted by Crippen LogP contribution is -2.06. The molecule has 1 aliphatic rings. The number of nitro groups is 1. The lowest BCUT2D eigenvalue weighted by atomic mass is 10.0. The molecule has 1 aliphatic carbocycles. The Morgan fingerprint density at radius 2 is 2.00 bits per heavy atom. The summed E-state index contributed by atoms with van der Waals surface area (Å²) in [5.41, 5.74) is 7.89. The van der Waals surface area contributed by atoms with Gasteiger partial charge in [-0.15, -0.1) is 0 Å². The lowest BCUT2D eigenvalue weighted by molar-refractivity contribution is -0.385. The van der Waals surface area contributed by atoms with Crippen molar-refractivity contribution < 1.29 is 4.92 Å². The number of hydrogen-bond donors (Lipinski definition) is 1. The molecule has 0 spiro atoms.